The molecule has 3 amide bonds. The smallest absolute Gasteiger partial charge is 0.329 e. The van der Waals surface area contributed by atoms with Crippen molar-refractivity contribution < 1.29 is 27.5 Å². The summed E-state index contributed by atoms with van der Waals surface area (Å²) in [5.41, 5.74) is 2.21. The number of hydrogen-bond donors (Lipinski definition) is 2. The first-order chi connectivity index (χ1) is 16.7. The molecule has 3 aromatic rings. The first-order valence-electron chi connectivity index (χ1n) is 10.8. The second-order valence-corrected chi connectivity index (χ2v) is 9.75. The molecular weight excluding hydrogens is 470 g/mol. The Morgan fingerprint density at radius 1 is 0.971 bits per heavy atom. The number of nitrogens with one attached hydrogen (secondary N) is 2. The van der Waals surface area contributed by atoms with E-state index in [2.05, 4.69) is 5.32 Å². The average molecular weight is 496 g/mol. The van der Waals surface area contributed by atoms with Crippen LogP contribution in [0.3, 0.4) is 0 Å². The predicted octanol–water partition coefficient (Wildman–Crippen LogP) is 2.99. The highest BCUT2D eigenvalue weighted by atomic mass is 32.2. The van der Waals surface area contributed by atoms with Gasteiger partial charge in [0.25, 0.3) is 10.0 Å². The highest BCUT2D eigenvalue weighted by Crippen LogP contribution is 2.35. The Bertz CT molecular complexity index is 1330. The predicted molar refractivity (Wildman–Crippen MR) is 130 cm³/mol. The van der Waals surface area contributed by atoms with Crippen LogP contribution in [0.1, 0.15) is 11.1 Å². The Labute approximate surface area is 203 Å². The summed E-state index contributed by atoms with van der Waals surface area (Å²) >= 11 is 0. The molecule has 0 spiro atoms. The average Bonchev–Trinajstić information content (AvgIpc) is 3.31. The normalized spacial score (nSPS) is 13.1. The zero-order valence-corrected chi connectivity index (χ0v) is 20.0. The summed E-state index contributed by atoms with van der Waals surface area (Å²) in [5.74, 6) is 0.654. The molecular formula is C25H25N3O6S. The highest BCUT2D eigenvalue weighted by Gasteiger charge is 2.28. The molecule has 9 nitrogen and oxygen atoms in total. The summed E-state index contributed by atoms with van der Waals surface area (Å²) in [6.45, 7) is 1.93. The van der Waals surface area contributed by atoms with E-state index >= 15 is 0 Å². The number of sulfonamides is 1. The molecule has 0 unspecified atom stereocenters. The molecule has 1 heterocycles. The van der Waals surface area contributed by atoms with Crippen LogP contribution in [0.5, 0.6) is 11.5 Å². The number of aryl methyl sites for hydroxylation is 1. The van der Waals surface area contributed by atoms with E-state index in [4.69, 9.17) is 9.47 Å². The van der Waals surface area contributed by atoms with Gasteiger partial charge in [-0.3, -0.25) is 4.79 Å². The van der Waals surface area contributed by atoms with Gasteiger partial charge in [0.1, 0.15) is 6.04 Å². The number of likely N-dealkylation sites (N-methyl/N-ethyl adjacent to an activating group) is 1. The van der Waals surface area contributed by atoms with E-state index in [1.807, 2.05) is 42.0 Å². The fourth-order valence-electron chi connectivity index (χ4n) is 3.59. The van der Waals surface area contributed by atoms with E-state index in [-0.39, 0.29) is 18.1 Å². The molecule has 0 saturated carbocycles. The van der Waals surface area contributed by atoms with Crippen molar-refractivity contribution in [2.75, 3.05) is 18.7 Å². The minimum Gasteiger partial charge on any atom is -0.454 e. The third-order valence-corrected chi connectivity index (χ3v) is 6.87. The van der Waals surface area contributed by atoms with Crippen molar-refractivity contribution in [1.82, 2.24) is 10.0 Å². The Kier molecular flexibility index (Phi) is 6.92. The maximum atomic E-state index is 13.4. The van der Waals surface area contributed by atoms with Crippen LogP contribution in [0.15, 0.2) is 77.7 Å². The molecule has 3 aromatic carbocycles. The number of hydrogen-bond acceptors (Lipinski definition) is 6. The molecule has 0 aliphatic carbocycles. The Balaban J connectivity index is 1.53. The van der Waals surface area contributed by atoms with Crippen LogP contribution in [0.25, 0.3) is 0 Å². The van der Waals surface area contributed by atoms with Crippen LogP contribution in [-0.4, -0.2) is 40.2 Å². The number of amides is 3. The summed E-state index contributed by atoms with van der Waals surface area (Å²) < 4.78 is 38.0. The number of ether oxygens (including phenoxy) is 2. The van der Waals surface area contributed by atoms with Gasteiger partial charge in [0.2, 0.25) is 12.7 Å². The van der Waals surface area contributed by atoms with Crippen molar-refractivity contribution in [3.63, 3.8) is 0 Å². The van der Waals surface area contributed by atoms with Crippen LogP contribution in [0, 0.1) is 6.92 Å². The largest absolute Gasteiger partial charge is 0.454 e. The van der Waals surface area contributed by atoms with Crippen molar-refractivity contribution in [2.45, 2.75) is 24.3 Å². The summed E-state index contributed by atoms with van der Waals surface area (Å²) in [5, 5.41) is 2.53. The van der Waals surface area contributed by atoms with Gasteiger partial charge in [0.15, 0.2) is 11.5 Å². The van der Waals surface area contributed by atoms with Gasteiger partial charge in [-0.2, -0.15) is 0 Å². The first-order valence-corrected chi connectivity index (χ1v) is 12.3. The molecule has 35 heavy (non-hydrogen) atoms. The van der Waals surface area contributed by atoms with Gasteiger partial charge in [-0.25, -0.2) is 17.9 Å². The Morgan fingerprint density at radius 2 is 1.66 bits per heavy atom. The van der Waals surface area contributed by atoms with Crippen LogP contribution in [0.2, 0.25) is 0 Å². The van der Waals surface area contributed by atoms with E-state index in [9.17, 15) is 18.0 Å². The molecule has 1 aliphatic heterocycles. The van der Waals surface area contributed by atoms with Gasteiger partial charge >= 0.3 is 6.03 Å². The van der Waals surface area contributed by atoms with Gasteiger partial charge in [-0.15, -0.1) is 0 Å². The lowest BCUT2D eigenvalue weighted by Crippen LogP contribution is -2.52. The third-order valence-electron chi connectivity index (χ3n) is 5.52. The third kappa shape index (κ3) is 5.72. The zero-order chi connectivity index (χ0) is 25.0. The number of urea groups is 1. The van der Waals surface area contributed by atoms with Crippen molar-refractivity contribution in [3.8, 4) is 11.5 Å². The monoisotopic (exact) mass is 495 g/mol. The molecule has 1 atom stereocenters. The number of fused-ring (bicyclic) bond motifs is 1. The lowest BCUT2D eigenvalue weighted by Gasteiger charge is -2.25. The summed E-state index contributed by atoms with van der Waals surface area (Å²) in [4.78, 5) is 27.5. The summed E-state index contributed by atoms with van der Waals surface area (Å²) in [6, 6.07) is 18.2. The second kappa shape index (κ2) is 10.1. The standard InChI is InChI=1S/C25H25N3O6S/c1-17-8-11-20(12-9-17)35(31,32)27-25(30)26-21(14-18-6-4-3-5-7-18)24(29)28(2)19-10-13-22-23(15-19)34-16-33-22/h3-13,15,21H,14,16H2,1-2H3,(H2,26,27,30)/t21-/m0/s1. The number of nitrogens with zero attached hydrogens (tertiary/aromatic N) is 1. The number of carbonyl (C=O) groups excluding carboxylic acids is 2. The highest BCUT2D eigenvalue weighted by molar-refractivity contribution is 7.90. The van der Waals surface area contributed by atoms with E-state index in [0.29, 0.717) is 17.2 Å². The molecule has 0 aromatic heterocycles. The molecule has 0 saturated heterocycles. The minimum atomic E-state index is -4.12. The Hall–Kier alpha value is -4.05. The van der Waals surface area contributed by atoms with Crippen molar-refractivity contribution in [2.24, 2.45) is 0 Å². The van der Waals surface area contributed by atoms with Crippen LogP contribution >= 0.6 is 0 Å². The van der Waals surface area contributed by atoms with Gasteiger partial charge in [-0.05, 0) is 36.8 Å². The van der Waals surface area contributed by atoms with Gasteiger partial charge in [-0.1, -0.05) is 48.0 Å². The molecule has 1 aliphatic rings. The van der Waals surface area contributed by atoms with Crippen LogP contribution in [0.4, 0.5) is 10.5 Å². The topological polar surface area (TPSA) is 114 Å². The molecule has 10 heteroatoms. The molecule has 182 valence electrons. The summed E-state index contributed by atoms with van der Waals surface area (Å²) in [6.07, 6.45) is 0.159. The van der Waals surface area contributed by atoms with Crippen LogP contribution < -0.4 is 24.4 Å². The maximum Gasteiger partial charge on any atom is 0.329 e. The van der Waals surface area contributed by atoms with Gasteiger partial charge in [0, 0.05) is 25.2 Å². The molecule has 0 bridgehead atoms. The first kappa shape index (κ1) is 24.1. The minimum absolute atomic E-state index is 0.0540. The van der Waals surface area contributed by atoms with E-state index in [1.54, 1.807) is 37.4 Å². The van der Waals surface area contributed by atoms with Crippen molar-refractivity contribution >= 4 is 27.6 Å². The maximum absolute atomic E-state index is 13.4. The van der Waals surface area contributed by atoms with Crippen molar-refractivity contribution in [3.05, 3.63) is 83.9 Å². The molecule has 0 fully saturated rings. The number of carbonyl (C=O) groups is 2. The quantitative estimate of drug-likeness (QED) is 0.521. The second-order valence-electron chi connectivity index (χ2n) is 8.07. The van der Waals surface area contributed by atoms with Gasteiger partial charge < -0.3 is 19.7 Å². The number of benzene rings is 3. The van der Waals surface area contributed by atoms with Crippen molar-refractivity contribution in [1.29, 1.82) is 0 Å². The SMILES string of the molecule is Cc1ccc(S(=O)(=O)NC(=O)N[C@@H](Cc2ccccc2)C(=O)N(C)c2ccc3c(c2)OCO3)cc1. The van der Waals surface area contributed by atoms with Crippen LogP contribution in [-0.2, 0) is 21.2 Å². The van der Waals surface area contributed by atoms with E-state index in [1.165, 1.54) is 17.0 Å². The molecule has 0 radical (unpaired) electrons. The lowest BCUT2D eigenvalue weighted by molar-refractivity contribution is -0.120. The fourth-order valence-corrected chi connectivity index (χ4v) is 4.51. The summed E-state index contributed by atoms with van der Waals surface area (Å²) in [7, 11) is -2.55. The zero-order valence-electron chi connectivity index (χ0n) is 19.2. The fraction of sp³-hybridized carbons (Fsp3) is 0.200. The molecule has 2 N–H and O–H groups in total. The number of rotatable bonds is 7. The van der Waals surface area contributed by atoms with E-state index < -0.39 is 28.0 Å². The lowest BCUT2D eigenvalue weighted by atomic mass is 10.0. The molecule has 4 rings (SSSR count). The Morgan fingerprint density at radius 3 is 2.37 bits per heavy atom. The van der Waals surface area contributed by atoms with Gasteiger partial charge in [0.05, 0.1) is 4.90 Å². The van der Waals surface area contributed by atoms with E-state index in [0.717, 1.165) is 11.1 Å². The number of anilines is 1.